The molecule has 0 aromatic rings. The Balaban J connectivity index is 4.94. The van der Waals surface area contributed by atoms with Gasteiger partial charge < -0.3 is 5.11 Å². The number of hydrogen-bond acceptors (Lipinski definition) is 6. The standard InChI is InChI=1S/C14H23NO5S/c1-4-6-8-21-12(17)10(7-5-2)9-11(16)14(3,20-15)13(18)19/h7H,4-6,8-9,15H2,1-3H3,(H,18,19). The average Bonchev–Trinajstić information content (AvgIpc) is 2.45. The van der Waals surface area contributed by atoms with Gasteiger partial charge in [0, 0.05) is 17.7 Å². The molecule has 0 spiro atoms. The molecule has 1 unspecified atom stereocenters. The summed E-state index contributed by atoms with van der Waals surface area (Å²) >= 11 is 1.14. The third kappa shape index (κ3) is 5.99. The molecule has 0 rings (SSSR count). The molecule has 0 aliphatic carbocycles. The number of aliphatic carboxylic acids is 1. The minimum Gasteiger partial charge on any atom is -0.479 e. The van der Waals surface area contributed by atoms with Crippen LogP contribution in [0, 0.1) is 0 Å². The van der Waals surface area contributed by atoms with E-state index in [0.29, 0.717) is 17.7 Å². The summed E-state index contributed by atoms with van der Waals surface area (Å²) in [6.07, 6.45) is 3.80. The second kappa shape index (κ2) is 9.70. The highest BCUT2D eigenvalue weighted by Crippen LogP contribution is 2.21. The van der Waals surface area contributed by atoms with Gasteiger partial charge >= 0.3 is 5.97 Å². The van der Waals surface area contributed by atoms with Gasteiger partial charge in [-0.15, -0.1) is 0 Å². The lowest BCUT2D eigenvalue weighted by atomic mass is 9.95. The summed E-state index contributed by atoms with van der Waals surface area (Å²) in [5.74, 6) is 3.37. The number of carboxylic acid groups (broad SMARTS) is 1. The Hall–Kier alpha value is -1.18. The molecule has 21 heavy (non-hydrogen) atoms. The van der Waals surface area contributed by atoms with Gasteiger partial charge in [0.25, 0.3) is 0 Å². The molecule has 0 fully saturated rings. The average molecular weight is 317 g/mol. The molecule has 0 heterocycles. The van der Waals surface area contributed by atoms with E-state index >= 15 is 0 Å². The zero-order valence-electron chi connectivity index (χ0n) is 12.7. The van der Waals surface area contributed by atoms with Crippen LogP contribution in [0.2, 0.25) is 0 Å². The lowest BCUT2D eigenvalue weighted by Crippen LogP contribution is -2.48. The first-order chi connectivity index (χ1) is 9.83. The van der Waals surface area contributed by atoms with Crippen LogP contribution in [0.1, 0.15) is 46.5 Å². The number of unbranched alkanes of at least 4 members (excludes halogenated alkanes) is 1. The number of ketones is 1. The Labute approximate surface area is 129 Å². The Morgan fingerprint density at radius 3 is 2.38 bits per heavy atom. The molecule has 3 N–H and O–H groups in total. The van der Waals surface area contributed by atoms with Crippen molar-refractivity contribution in [3.63, 3.8) is 0 Å². The van der Waals surface area contributed by atoms with Gasteiger partial charge in [-0.2, -0.15) is 0 Å². The summed E-state index contributed by atoms with van der Waals surface area (Å²) in [6, 6.07) is 0. The summed E-state index contributed by atoms with van der Waals surface area (Å²) in [5, 5.41) is 8.82. The Kier molecular flexibility index (Phi) is 9.16. The van der Waals surface area contributed by atoms with E-state index in [2.05, 4.69) is 4.84 Å². The number of carboxylic acids is 1. The van der Waals surface area contributed by atoms with E-state index in [1.54, 1.807) is 6.08 Å². The Morgan fingerprint density at radius 1 is 1.33 bits per heavy atom. The van der Waals surface area contributed by atoms with E-state index in [0.717, 1.165) is 31.5 Å². The third-order valence-corrected chi connectivity index (χ3v) is 3.99. The van der Waals surface area contributed by atoms with Crippen LogP contribution < -0.4 is 5.90 Å². The minimum atomic E-state index is -2.14. The minimum absolute atomic E-state index is 0.205. The van der Waals surface area contributed by atoms with Crippen LogP contribution in [0.3, 0.4) is 0 Å². The first kappa shape index (κ1) is 19.8. The Morgan fingerprint density at radius 2 is 1.95 bits per heavy atom. The summed E-state index contributed by atoms with van der Waals surface area (Å²) < 4.78 is 0. The number of thioether (sulfide) groups is 1. The van der Waals surface area contributed by atoms with Gasteiger partial charge in [-0.1, -0.05) is 38.1 Å². The molecule has 0 aliphatic rings. The zero-order valence-corrected chi connectivity index (χ0v) is 13.5. The van der Waals surface area contributed by atoms with Crippen molar-refractivity contribution < 1.29 is 24.3 Å². The number of hydrogen-bond donors (Lipinski definition) is 2. The van der Waals surface area contributed by atoms with E-state index in [9.17, 15) is 14.4 Å². The summed E-state index contributed by atoms with van der Waals surface area (Å²) in [4.78, 5) is 39.5. The summed E-state index contributed by atoms with van der Waals surface area (Å²) in [7, 11) is 0. The monoisotopic (exact) mass is 317 g/mol. The topological polar surface area (TPSA) is 107 Å². The van der Waals surface area contributed by atoms with Crippen molar-refractivity contribution in [1.82, 2.24) is 0 Å². The summed E-state index contributed by atoms with van der Waals surface area (Å²) in [6.45, 7) is 4.94. The number of allylic oxidation sites excluding steroid dienone is 1. The van der Waals surface area contributed by atoms with Crippen LogP contribution in [0.4, 0.5) is 0 Å². The van der Waals surface area contributed by atoms with Gasteiger partial charge in [-0.25, -0.2) is 10.7 Å². The van der Waals surface area contributed by atoms with Crippen LogP contribution in [0.25, 0.3) is 0 Å². The van der Waals surface area contributed by atoms with E-state index in [1.807, 2.05) is 13.8 Å². The third-order valence-electron chi connectivity index (χ3n) is 2.97. The molecule has 0 saturated heterocycles. The molecule has 0 aromatic heterocycles. The van der Waals surface area contributed by atoms with Gasteiger partial charge in [0.1, 0.15) is 0 Å². The van der Waals surface area contributed by atoms with E-state index in [1.165, 1.54) is 0 Å². The van der Waals surface area contributed by atoms with Crippen molar-refractivity contribution in [2.45, 2.75) is 52.1 Å². The van der Waals surface area contributed by atoms with Gasteiger partial charge in [0.2, 0.25) is 10.7 Å². The van der Waals surface area contributed by atoms with Gasteiger partial charge in [0.15, 0.2) is 5.78 Å². The first-order valence-corrected chi connectivity index (χ1v) is 7.82. The largest absolute Gasteiger partial charge is 0.479 e. The predicted molar refractivity (Wildman–Crippen MR) is 81.7 cm³/mol. The fourth-order valence-electron chi connectivity index (χ4n) is 1.45. The molecule has 0 bridgehead atoms. The quantitative estimate of drug-likeness (QED) is 0.275. The number of Topliss-reactive ketones (excluding diaryl/α,β-unsaturated/α-hetero) is 1. The van der Waals surface area contributed by atoms with E-state index in [4.69, 9.17) is 11.0 Å². The highest BCUT2D eigenvalue weighted by atomic mass is 32.2. The van der Waals surface area contributed by atoms with Crippen LogP contribution in [-0.2, 0) is 19.2 Å². The zero-order chi connectivity index (χ0) is 16.5. The van der Waals surface area contributed by atoms with Crippen molar-refractivity contribution >= 4 is 28.6 Å². The number of rotatable bonds is 10. The molecule has 120 valence electrons. The molecular weight excluding hydrogens is 294 g/mol. The lowest BCUT2D eigenvalue weighted by Gasteiger charge is -2.20. The lowest BCUT2D eigenvalue weighted by molar-refractivity contribution is -0.170. The van der Waals surface area contributed by atoms with Gasteiger partial charge in [0.05, 0.1) is 0 Å². The maximum absolute atomic E-state index is 12.1. The van der Waals surface area contributed by atoms with Crippen LogP contribution in [0.5, 0.6) is 0 Å². The van der Waals surface area contributed by atoms with Crippen LogP contribution in [0.15, 0.2) is 11.6 Å². The number of carbonyl (C=O) groups is 3. The molecule has 1 atom stereocenters. The van der Waals surface area contributed by atoms with Crippen molar-refractivity contribution in [3.05, 3.63) is 11.6 Å². The maximum Gasteiger partial charge on any atom is 0.345 e. The highest BCUT2D eigenvalue weighted by molar-refractivity contribution is 8.14. The summed E-state index contributed by atoms with van der Waals surface area (Å²) in [5.41, 5.74) is -1.84. The van der Waals surface area contributed by atoms with Crippen molar-refractivity contribution in [3.8, 4) is 0 Å². The Bertz CT molecular complexity index is 422. The molecule has 0 saturated carbocycles. The number of carbonyl (C=O) groups excluding carboxylic acids is 2. The van der Waals surface area contributed by atoms with Crippen LogP contribution >= 0.6 is 11.8 Å². The van der Waals surface area contributed by atoms with Crippen molar-refractivity contribution in [2.75, 3.05) is 5.75 Å². The number of nitrogens with two attached hydrogens (primary N) is 1. The molecule has 7 heteroatoms. The highest BCUT2D eigenvalue weighted by Gasteiger charge is 2.42. The smallest absolute Gasteiger partial charge is 0.345 e. The maximum atomic E-state index is 12.1. The van der Waals surface area contributed by atoms with Gasteiger partial charge in [-0.3, -0.25) is 14.4 Å². The molecule has 0 aliphatic heterocycles. The molecule has 0 radical (unpaired) electrons. The fourth-order valence-corrected chi connectivity index (χ4v) is 2.41. The first-order valence-electron chi connectivity index (χ1n) is 6.84. The van der Waals surface area contributed by atoms with Crippen molar-refractivity contribution in [2.24, 2.45) is 5.90 Å². The van der Waals surface area contributed by atoms with E-state index < -0.39 is 17.4 Å². The van der Waals surface area contributed by atoms with E-state index in [-0.39, 0.29) is 11.5 Å². The second-order valence-corrected chi connectivity index (χ2v) is 5.75. The van der Waals surface area contributed by atoms with Gasteiger partial charge in [-0.05, 0) is 19.8 Å². The molecular formula is C14H23NO5S. The SMILES string of the molecule is CCC=C(CC(=O)C(C)(ON)C(=O)O)C(=O)SCCCC. The molecule has 0 aromatic carbocycles. The normalized spacial score (nSPS) is 14.6. The van der Waals surface area contributed by atoms with Crippen LogP contribution in [-0.4, -0.2) is 33.3 Å². The fraction of sp³-hybridized carbons (Fsp3) is 0.643. The van der Waals surface area contributed by atoms with Crippen molar-refractivity contribution in [1.29, 1.82) is 0 Å². The predicted octanol–water partition coefficient (Wildman–Crippen LogP) is 2.08. The second-order valence-electron chi connectivity index (χ2n) is 4.68. The molecule has 6 nitrogen and oxygen atoms in total. The molecule has 0 amide bonds.